The third-order valence-corrected chi connectivity index (χ3v) is 3.53. The number of hydrogen-bond donors (Lipinski definition) is 0. The summed E-state index contributed by atoms with van der Waals surface area (Å²) in [5.41, 5.74) is 2.19. The van der Waals surface area contributed by atoms with Gasteiger partial charge in [0.05, 0.1) is 6.57 Å². The molecule has 0 spiro atoms. The Bertz CT molecular complexity index is 437. The minimum absolute atomic E-state index is 0.177. The predicted molar refractivity (Wildman–Crippen MR) is 71.1 cm³/mol. The van der Waals surface area contributed by atoms with Gasteiger partial charge in [-0.3, -0.25) is 4.90 Å². The van der Waals surface area contributed by atoms with E-state index in [1.165, 1.54) is 18.4 Å². The van der Waals surface area contributed by atoms with Crippen LogP contribution in [0, 0.1) is 6.57 Å². The third kappa shape index (κ3) is 2.35. The third-order valence-electron chi connectivity index (χ3n) is 3.53. The first-order valence-electron chi connectivity index (χ1n) is 6.27. The number of rotatable bonds is 1. The molecule has 1 heterocycles. The summed E-state index contributed by atoms with van der Waals surface area (Å²) < 4.78 is 0. The van der Waals surface area contributed by atoms with Crippen LogP contribution in [0.15, 0.2) is 24.3 Å². The van der Waals surface area contributed by atoms with Gasteiger partial charge in [0, 0.05) is 11.6 Å². The van der Waals surface area contributed by atoms with E-state index in [4.69, 9.17) is 6.57 Å². The van der Waals surface area contributed by atoms with Gasteiger partial charge in [-0.05, 0) is 45.7 Å². The second kappa shape index (κ2) is 4.50. The van der Waals surface area contributed by atoms with E-state index in [-0.39, 0.29) is 5.54 Å². The fraction of sp³-hybridized carbons (Fsp3) is 0.533. The van der Waals surface area contributed by atoms with Crippen LogP contribution in [0.5, 0.6) is 0 Å². The van der Waals surface area contributed by atoms with Crippen LogP contribution >= 0.6 is 0 Å². The van der Waals surface area contributed by atoms with Crippen LogP contribution in [-0.4, -0.2) is 17.0 Å². The molecule has 0 radical (unpaired) electrons. The first-order chi connectivity index (χ1) is 8.04. The Balaban J connectivity index is 2.37. The molecule has 1 atom stereocenters. The molecule has 1 fully saturated rings. The highest BCUT2D eigenvalue weighted by Crippen LogP contribution is 2.40. The smallest absolute Gasteiger partial charge is 0.191 e. The van der Waals surface area contributed by atoms with Gasteiger partial charge in [-0.15, -0.1) is 0 Å². The zero-order valence-corrected chi connectivity index (χ0v) is 10.9. The average Bonchev–Trinajstić information content (AvgIpc) is 2.77. The van der Waals surface area contributed by atoms with Crippen molar-refractivity contribution in [1.29, 1.82) is 0 Å². The van der Waals surface area contributed by atoms with Crippen molar-refractivity contribution in [3.05, 3.63) is 41.2 Å². The highest BCUT2D eigenvalue weighted by Gasteiger charge is 2.34. The van der Waals surface area contributed by atoms with Crippen molar-refractivity contribution in [1.82, 2.24) is 4.90 Å². The van der Waals surface area contributed by atoms with Crippen molar-refractivity contribution < 1.29 is 0 Å². The summed E-state index contributed by atoms with van der Waals surface area (Å²) in [7, 11) is 0. The van der Waals surface area contributed by atoms with Crippen LogP contribution in [0.25, 0.3) is 4.85 Å². The van der Waals surface area contributed by atoms with Gasteiger partial charge in [-0.25, -0.2) is 4.85 Å². The molecule has 1 aliphatic rings. The molecule has 2 rings (SSSR count). The highest BCUT2D eigenvalue weighted by atomic mass is 15.2. The Morgan fingerprint density at radius 3 is 2.65 bits per heavy atom. The molecular formula is C15H20N2. The minimum Gasteiger partial charge on any atom is -0.293 e. The van der Waals surface area contributed by atoms with Gasteiger partial charge in [0.2, 0.25) is 0 Å². The molecule has 1 saturated heterocycles. The standard InChI is InChI=1S/C15H20N2/c1-15(2,3)17-11-7-10-14(17)12-8-5-6-9-13(12)16-4/h5-6,8-9,14H,7,10-11H2,1-3H3. The largest absolute Gasteiger partial charge is 0.293 e. The first-order valence-corrected chi connectivity index (χ1v) is 6.27. The number of para-hydroxylation sites is 1. The van der Waals surface area contributed by atoms with Crippen LogP contribution in [0.3, 0.4) is 0 Å². The Hall–Kier alpha value is -1.33. The van der Waals surface area contributed by atoms with E-state index in [9.17, 15) is 0 Å². The van der Waals surface area contributed by atoms with Crippen LogP contribution in [0.4, 0.5) is 5.69 Å². The van der Waals surface area contributed by atoms with Crippen molar-refractivity contribution in [3.63, 3.8) is 0 Å². The summed E-state index contributed by atoms with van der Waals surface area (Å²) >= 11 is 0. The van der Waals surface area contributed by atoms with E-state index in [1.807, 2.05) is 18.2 Å². The van der Waals surface area contributed by atoms with Crippen LogP contribution in [0.1, 0.15) is 45.2 Å². The van der Waals surface area contributed by atoms with Crippen molar-refractivity contribution in [3.8, 4) is 0 Å². The van der Waals surface area contributed by atoms with Crippen LogP contribution in [-0.2, 0) is 0 Å². The summed E-state index contributed by atoms with van der Waals surface area (Å²) in [5, 5.41) is 0. The monoisotopic (exact) mass is 228 g/mol. The van der Waals surface area contributed by atoms with E-state index in [0.29, 0.717) is 6.04 Å². The average molecular weight is 228 g/mol. The first kappa shape index (κ1) is 12.1. The molecule has 1 aliphatic heterocycles. The van der Waals surface area contributed by atoms with Crippen molar-refractivity contribution in [2.45, 2.75) is 45.2 Å². The maximum absolute atomic E-state index is 7.28. The van der Waals surface area contributed by atoms with Crippen LogP contribution in [0.2, 0.25) is 0 Å². The second-order valence-corrected chi connectivity index (χ2v) is 5.69. The summed E-state index contributed by atoms with van der Waals surface area (Å²) in [6, 6.07) is 8.46. The zero-order chi connectivity index (χ0) is 12.5. The molecule has 0 aromatic heterocycles. The van der Waals surface area contributed by atoms with E-state index in [1.54, 1.807) is 0 Å². The Morgan fingerprint density at radius 1 is 1.29 bits per heavy atom. The normalized spacial score (nSPS) is 21.4. The SMILES string of the molecule is [C-]#[N+]c1ccccc1C1CCCN1C(C)(C)C. The molecule has 2 heteroatoms. The van der Waals surface area contributed by atoms with E-state index >= 15 is 0 Å². The quantitative estimate of drug-likeness (QED) is 0.654. The molecule has 90 valence electrons. The van der Waals surface area contributed by atoms with Gasteiger partial charge in [-0.1, -0.05) is 24.3 Å². The molecule has 0 N–H and O–H groups in total. The molecule has 0 bridgehead atoms. The van der Waals surface area contributed by atoms with Gasteiger partial charge in [0.1, 0.15) is 0 Å². The van der Waals surface area contributed by atoms with Crippen molar-refractivity contribution >= 4 is 5.69 Å². The van der Waals surface area contributed by atoms with E-state index in [2.05, 4.69) is 36.6 Å². The topological polar surface area (TPSA) is 7.60 Å². The van der Waals surface area contributed by atoms with Crippen molar-refractivity contribution in [2.75, 3.05) is 6.54 Å². The number of nitrogens with zero attached hydrogens (tertiary/aromatic N) is 2. The van der Waals surface area contributed by atoms with Gasteiger partial charge in [0.15, 0.2) is 5.69 Å². The lowest BCUT2D eigenvalue weighted by molar-refractivity contribution is 0.122. The lowest BCUT2D eigenvalue weighted by Gasteiger charge is -2.37. The van der Waals surface area contributed by atoms with Crippen LogP contribution < -0.4 is 0 Å². The minimum atomic E-state index is 0.177. The number of benzene rings is 1. The maximum Gasteiger partial charge on any atom is 0.191 e. The molecule has 2 nitrogen and oxygen atoms in total. The van der Waals surface area contributed by atoms with Gasteiger partial charge in [-0.2, -0.15) is 0 Å². The zero-order valence-electron chi connectivity index (χ0n) is 10.9. The Labute approximate surface area is 104 Å². The number of hydrogen-bond acceptors (Lipinski definition) is 1. The van der Waals surface area contributed by atoms with Gasteiger partial charge in [0.25, 0.3) is 0 Å². The fourth-order valence-corrected chi connectivity index (χ4v) is 2.76. The molecular weight excluding hydrogens is 208 g/mol. The van der Waals surface area contributed by atoms with E-state index in [0.717, 1.165) is 12.2 Å². The van der Waals surface area contributed by atoms with Gasteiger partial charge >= 0.3 is 0 Å². The molecule has 0 saturated carbocycles. The summed E-state index contributed by atoms with van der Waals surface area (Å²) in [4.78, 5) is 6.18. The molecule has 0 aliphatic carbocycles. The molecule has 1 aromatic rings. The molecule has 0 amide bonds. The summed E-state index contributed by atoms with van der Waals surface area (Å²) in [6.45, 7) is 15.2. The second-order valence-electron chi connectivity index (χ2n) is 5.69. The fourth-order valence-electron chi connectivity index (χ4n) is 2.76. The van der Waals surface area contributed by atoms with Gasteiger partial charge < -0.3 is 0 Å². The lowest BCUT2D eigenvalue weighted by Crippen LogP contribution is -2.40. The predicted octanol–water partition coefficient (Wildman–Crippen LogP) is 4.17. The van der Waals surface area contributed by atoms with E-state index < -0.39 is 0 Å². The Kier molecular flexibility index (Phi) is 3.22. The maximum atomic E-state index is 7.28. The molecule has 1 unspecified atom stereocenters. The highest BCUT2D eigenvalue weighted by molar-refractivity contribution is 5.53. The lowest BCUT2D eigenvalue weighted by atomic mass is 9.98. The van der Waals surface area contributed by atoms with Crippen molar-refractivity contribution in [2.24, 2.45) is 0 Å². The molecule has 1 aromatic carbocycles. The number of likely N-dealkylation sites (tertiary alicyclic amines) is 1. The molecule has 17 heavy (non-hydrogen) atoms. The summed E-state index contributed by atoms with van der Waals surface area (Å²) in [6.07, 6.45) is 2.40. The summed E-state index contributed by atoms with van der Waals surface area (Å²) in [5.74, 6) is 0. The Morgan fingerprint density at radius 2 is 2.00 bits per heavy atom.